The molecule has 2 amide bonds. The van der Waals surface area contributed by atoms with E-state index in [0.717, 1.165) is 12.8 Å². The summed E-state index contributed by atoms with van der Waals surface area (Å²) in [6.45, 7) is 5.06. The molecule has 1 aliphatic heterocycles. The van der Waals surface area contributed by atoms with Crippen molar-refractivity contribution in [2.45, 2.75) is 51.6 Å². The Morgan fingerprint density at radius 1 is 1.22 bits per heavy atom. The molecule has 1 fully saturated rings. The molecule has 1 heterocycles. The van der Waals surface area contributed by atoms with Gasteiger partial charge >= 0.3 is 0 Å². The molecule has 0 aromatic heterocycles. The predicted octanol–water partition coefficient (Wildman–Crippen LogP) is -0.254. The van der Waals surface area contributed by atoms with Gasteiger partial charge in [-0.2, -0.15) is 0 Å². The summed E-state index contributed by atoms with van der Waals surface area (Å²) >= 11 is 0. The maximum absolute atomic E-state index is 11.8. The lowest BCUT2D eigenvalue weighted by atomic mass is 10.0. The van der Waals surface area contributed by atoms with Crippen molar-refractivity contribution in [3.8, 4) is 0 Å². The Bertz CT molecular complexity index is 286. The molecule has 0 spiro atoms. The van der Waals surface area contributed by atoms with Gasteiger partial charge in [0, 0.05) is 25.0 Å². The molecule has 18 heavy (non-hydrogen) atoms. The van der Waals surface area contributed by atoms with E-state index < -0.39 is 0 Å². The number of piperidine rings is 1. The summed E-state index contributed by atoms with van der Waals surface area (Å²) in [5, 5.41) is 2.74. The number of likely N-dealkylation sites (tertiary alicyclic amines) is 1. The number of hydrogen-bond acceptors (Lipinski definition) is 4. The fourth-order valence-electron chi connectivity index (χ4n) is 2.40. The van der Waals surface area contributed by atoms with Crippen LogP contribution in [-0.4, -0.2) is 41.9 Å². The van der Waals surface area contributed by atoms with E-state index >= 15 is 0 Å². The molecular weight excluding hydrogens is 236 g/mol. The molecule has 6 heteroatoms. The molecule has 104 valence electrons. The molecule has 1 saturated heterocycles. The molecule has 0 aliphatic carbocycles. The second-order valence-electron chi connectivity index (χ2n) is 4.97. The Balaban J connectivity index is 2.28. The highest BCUT2D eigenvalue weighted by atomic mass is 16.3. The number of hydrogen-bond donors (Lipinski definition) is 3. The Labute approximate surface area is 108 Å². The number of carbonyl (C=O) groups excluding carboxylic acids is 2. The Morgan fingerprint density at radius 3 is 2.39 bits per heavy atom. The van der Waals surface area contributed by atoms with E-state index in [2.05, 4.69) is 24.1 Å². The van der Waals surface area contributed by atoms with Crippen molar-refractivity contribution in [2.75, 3.05) is 13.1 Å². The van der Waals surface area contributed by atoms with Crippen molar-refractivity contribution < 1.29 is 9.59 Å². The zero-order valence-electron chi connectivity index (χ0n) is 11.2. The van der Waals surface area contributed by atoms with E-state index in [-0.39, 0.29) is 18.2 Å². The van der Waals surface area contributed by atoms with Crippen LogP contribution in [0.15, 0.2) is 0 Å². The van der Waals surface area contributed by atoms with Crippen LogP contribution in [0.5, 0.6) is 0 Å². The molecule has 0 aromatic carbocycles. The van der Waals surface area contributed by atoms with Crippen LogP contribution in [0.25, 0.3) is 0 Å². The summed E-state index contributed by atoms with van der Waals surface area (Å²) in [6.07, 6.45) is 3.74. The molecule has 0 unspecified atom stereocenters. The van der Waals surface area contributed by atoms with Crippen LogP contribution in [0.1, 0.15) is 39.5 Å². The van der Waals surface area contributed by atoms with Crippen LogP contribution in [0.4, 0.5) is 0 Å². The smallest absolute Gasteiger partial charge is 0.235 e. The van der Waals surface area contributed by atoms with Crippen molar-refractivity contribution >= 4 is 11.8 Å². The molecule has 1 rings (SSSR count). The molecule has 6 nitrogen and oxygen atoms in total. The average molecular weight is 260 g/mol. The van der Waals surface area contributed by atoms with Gasteiger partial charge in [-0.25, -0.2) is 5.84 Å². The number of nitrogens with one attached hydrogen (secondary N) is 2. The van der Waals surface area contributed by atoms with Gasteiger partial charge in [-0.3, -0.25) is 19.9 Å². The second-order valence-corrected chi connectivity index (χ2v) is 4.97. The standard InChI is InChI=1S/C12H24N4O2/c1-9-4-3-5-10(2)16(9)8-12(18)14-7-6-11(17)15-13/h9-10H,3-8,13H2,1-2H3,(H,14,18)(H,15,17)/t9-,10+/i1+1,7+1,12+1,14+1/m0/s1. The molecule has 0 aromatic rings. The van der Waals surface area contributed by atoms with Crippen molar-refractivity contribution in [2.24, 2.45) is 5.84 Å². The van der Waals surface area contributed by atoms with Crippen LogP contribution in [0, 0.1) is 0 Å². The van der Waals surface area contributed by atoms with Gasteiger partial charge in [-0.05, 0) is 26.7 Å². The van der Waals surface area contributed by atoms with Gasteiger partial charge in [0.25, 0.3) is 0 Å². The Kier molecular flexibility index (Phi) is 6.07. The first-order chi connectivity index (χ1) is 8.54. The van der Waals surface area contributed by atoms with Crippen LogP contribution in [0.3, 0.4) is 0 Å². The SMILES string of the molecule is C[C@@H]1CCC[C@H]([13CH3])N1C[13C](=O)[15NH][13CH2]CC(=O)NN. The van der Waals surface area contributed by atoms with Crippen molar-refractivity contribution in [1.29, 1.82) is 0 Å². The summed E-state index contributed by atoms with van der Waals surface area (Å²) in [5.41, 5.74) is 2.03. The maximum atomic E-state index is 11.8. The monoisotopic (exact) mass is 260 g/mol. The third-order valence-corrected chi connectivity index (χ3v) is 3.54. The van der Waals surface area contributed by atoms with Gasteiger partial charge < -0.3 is 5.32 Å². The number of rotatable bonds is 5. The van der Waals surface area contributed by atoms with Crippen molar-refractivity contribution in [3.63, 3.8) is 0 Å². The van der Waals surface area contributed by atoms with Crippen LogP contribution in [-0.2, 0) is 9.59 Å². The summed E-state index contributed by atoms with van der Waals surface area (Å²) in [6, 6.07) is 0.902. The quantitative estimate of drug-likeness (QED) is 0.209. The van der Waals surface area contributed by atoms with Crippen LogP contribution in [0.2, 0.25) is 0 Å². The first-order valence-corrected chi connectivity index (χ1v) is 6.56. The third kappa shape index (κ3) is 4.62. The van der Waals surface area contributed by atoms with E-state index in [1.165, 1.54) is 6.42 Å². The fraction of sp³-hybridized carbons (Fsp3) is 0.833. The van der Waals surface area contributed by atoms with Crippen molar-refractivity contribution in [3.05, 3.63) is 0 Å². The normalized spacial score (nSPS) is 24.6. The molecule has 0 radical (unpaired) electrons. The molecular formula is C12H24N4O2. The van der Waals surface area contributed by atoms with Crippen LogP contribution < -0.4 is 16.6 Å². The first-order valence-electron chi connectivity index (χ1n) is 6.56. The van der Waals surface area contributed by atoms with E-state index in [4.69, 9.17) is 5.84 Å². The largest absolute Gasteiger partial charge is 0.354 e. The highest BCUT2D eigenvalue weighted by Gasteiger charge is 2.26. The van der Waals surface area contributed by atoms with Crippen LogP contribution >= 0.6 is 0 Å². The molecule has 0 bridgehead atoms. The number of nitrogens with zero attached hydrogens (tertiary/aromatic N) is 1. The number of nitrogens with two attached hydrogens (primary N) is 1. The summed E-state index contributed by atoms with van der Waals surface area (Å²) < 4.78 is 0. The third-order valence-electron chi connectivity index (χ3n) is 3.54. The van der Waals surface area contributed by atoms with E-state index in [1.807, 2.05) is 5.43 Å². The maximum Gasteiger partial charge on any atom is 0.235 e. The topological polar surface area (TPSA) is 87.5 Å². The van der Waals surface area contributed by atoms with E-state index in [0.29, 0.717) is 25.2 Å². The zero-order chi connectivity index (χ0) is 13.5. The second kappa shape index (κ2) is 7.33. The highest BCUT2D eigenvalue weighted by Crippen LogP contribution is 2.21. The lowest BCUT2D eigenvalue weighted by molar-refractivity contribution is -0.124. The summed E-state index contributed by atoms with van der Waals surface area (Å²) in [7, 11) is 0. The predicted molar refractivity (Wildman–Crippen MR) is 69.4 cm³/mol. The molecule has 1 aliphatic rings. The van der Waals surface area contributed by atoms with Gasteiger partial charge in [-0.15, -0.1) is 0 Å². The average Bonchev–Trinajstić information content (AvgIpc) is 2.34. The zero-order valence-corrected chi connectivity index (χ0v) is 11.2. The number of amides is 2. The van der Waals surface area contributed by atoms with Gasteiger partial charge in [0.1, 0.15) is 0 Å². The minimum Gasteiger partial charge on any atom is -0.354 e. The van der Waals surface area contributed by atoms with E-state index in [9.17, 15) is 9.59 Å². The Hall–Kier alpha value is -1.14. The molecule has 4 N–H and O–H groups in total. The van der Waals surface area contributed by atoms with Gasteiger partial charge in [0.05, 0.1) is 6.54 Å². The summed E-state index contributed by atoms with van der Waals surface area (Å²) in [5.74, 6) is 4.66. The van der Waals surface area contributed by atoms with Crippen molar-refractivity contribution in [1.82, 2.24) is 15.6 Å². The lowest BCUT2D eigenvalue weighted by Gasteiger charge is -2.38. The molecule has 0 saturated carbocycles. The fourth-order valence-corrected chi connectivity index (χ4v) is 2.40. The van der Waals surface area contributed by atoms with Gasteiger partial charge in [-0.1, -0.05) is 6.42 Å². The minimum absolute atomic E-state index is 0.0274. The van der Waals surface area contributed by atoms with Gasteiger partial charge in [0.2, 0.25) is 11.8 Å². The summed E-state index contributed by atoms with van der Waals surface area (Å²) in [4.78, 5) is 24.9. The molecule has 2 atom stereocenters. The first kappa shape index (κ1) is 14.9. The number of carbonyl (C=O) groups is 2. The van der Waals surface area contributed by atoms with E-state index in [1.54, 1.807) is 0 Å². The number of hydrazine groups is 1. The lowest BCUT2D eigenvalue weighted by Crippen LogP contribution is -2.49. The Morgan fingerprint density at radius 2 is 1.83 bits per heavy atom. The minimum atomic E-state index is -0.269. The van der Waals surface area contributed by atoms with Gasteiger partial charge in [0.15, 0.2) is 0 Å². The highest BCUT2D eigenvalue weighted by molar-refractivity contribution is 5.79.